The van der Waals surface area contributed by atoms with Crippen molar-refractivity contribution >= 4 is 32.7 Å². The molecule has 0 saturated carbocycles. The molecule has 3 rings (SSSR count). The number of aromatic nitrogens is 1. The summed E-state index contributed by atoms with van der Waals surface area (Å²) in [4.78, 5) is 18.4. The third-order valence-electron chi connectivity index (χ3n) is 3.85. The standard InChI is InChI=1S/C16H18BrN3O/c17-14-6-5-12(16-13(14)4-3-7-19-16)10-18-11-15(21)20-8-1-2-9-20/h3-7,18H,1-2,8-11H2. The highest BCUT2D eigenvalue weighted by molar-refractivity contribution is 9.10. The van der Waals surface area contributed by atoms with E-state index >= 15 is 0 Å². The van der Waals surface area contributed by atoms with Gasteiger partial charge in [0, 0.05) is 35.7 Å². The number of rotatable bonds is 4. The Morgan fingerprint density at radius 1 is 1.29 bits per heavy atom. The van der Waals surface area contributed by atoms with Gasteiger partial charge >= 0.3 is 0 Å². The number of nitrogens with zero attached hydrogens (tertiary/aromatic N) is 2. The molecule has 2 aromatic rings. The molecule has 1 aliphatic heterocycles. The van der Waals surface area contributed by atoms with Gasteiger partial charge in [-0.1, -0.05) is 28.1 Å². The molecule has 1 aromatic carbocycles. The molecule has 1 N–H and O–H groups in total. The Balaban J connectivity index is 1.65. The van der Waals surface area contributed by atoms with Crippen LogP contribution in [0.1, 0.15) is 18.4 Å². The molecule has 0 bridgehead atoms. The highest BCUT2D eigenvalue weighted by atomic mass is 79.9. The van der Waals surface area contributed by atoms with E-state index in [4.69, 9.17) is 0 Å². The Morgan fingerprint density at radius 2 is 2.10 bits per heavy atom. The summed E-state index contributed by atoms with van der Waals surface area (Å²) in [5.74, 6) is 0.196. The van der Waals surface area contributed by atoms with Crippen LogP contribution < -0.4 is 5.32 Å². The van der Waals surface area contributed by atoms with Gasteiger partial charge in [-0.15, -0.1) is 0 Å². The minimum Gasteiger partial charge on any atom is -0.342 e. The normalized spacial score (nSPS) is 14.8. The average Bonchev–Trinajstić information content (AvgIpc) is 3.04. The number of fused-ring (bicyclic) bond motifs is 1. The van der Waals surface area contributed by atoms with Gasteiger partial charge in [-0.25, -0.2) is 0 Å². The lowest BCUT2D eigenvalue weighted by molar-refractivity contribution is -0.129. The quantitative estimate of drug-likeness (QED) is 0.924. The van der Waals surface area contributed by atoms with E-state index in [1.165, 1.54) is 0 Å². The van der Waals surface area contributed by atoms with Crippen molar-refractivity contribution in [1.82, 2.24) is 15.2 Å². The minimum absolute atomic E-state index is 0.196. The second kappa shape index (κ2) is 6.54. The first-order valence-electron chi connectivity index (χ1n) is 7.26. The van der Waals surface area contributed by atoms with Crippen molar-refractivity contribution in [2.45, 2.75) is 19.4 Å². The minimum atomic E-state index is 0.196. The van der Waals surface area contributed by atoms with Crippen LogP contribution in [0.25, 0.3) is 10.9 Å². The third-order valence-corrected chi connectivity index (χ3v) is 4.54. The molecule has 1 aliphatic rings. The van der Waals surface area contributed by atoms with Crippen molar-refractivity contribution in [3.05, 3.63) is 40.5 Å². The first kappa shape index (κ1) is 14.5. The van der Waals surface area contributed by atoms with Gasteiger partial charge in [-0.05, 0) is 30.5 Å². The molecular formula is C16H18BrN3O. The van der Waals surface area contributed by atoms with E-state index in [1.807, 2.05) is 29.2 Å². The van der Waals surface area contributed by atoms with Crippen LogP contribution in [0, 0.1) is 0 Å². The summed E-state index contributed by atoms with van der Waals surface area (Å²) < 4.78 is 1.04. The monoisotopic (exact) mass is 347 g/mol. The zero-order valence-electron chi connectivity index (χ0n) is 11.8. The maximum Gasteiger partial charge on any atom is 0.236 e. The maximum absolute atomic E-state index is 12.0. The summed E-state index contributed by atoms with van der Waals surface area (Å²) in [5, 5.41) is 4.34. The van der Waals surface area contributed by atoms with Crippen molar-refractivity contribution in [3.63, 3.8) is 0 Å². The molecule has 5 heteroatoms. The largest absolute Gasteiger partial charge is 0.342 e. The fourth-order valence-electron chi connectivity index (χ4n) is 2.72. The molecule has 0 aliphatic carbocycles. The molecule has 1 amide bonds. The highest BCUT2D eigenvalue weighted by Crippen LogP contribution is 2.25. The predicted molar refractivity (Wildman–Crippen MR) is 87.0 cm³/mol. The number of benzene rings is 1. The smallest absolute Gasteiger partial charge is 0.236 e. The van der Waals surface area contributed by atoms with Gasteiger partial charge in [-0.2, -0.15) is 0 Å². The lowest BCUT2D eigenvalue weighted by Gasteiger charge is -2.15. The zero-order valence-corrected chi connectivity index (χ0v) is 13.4. The number of carbonyl (C=O) groups is 1. The number of nitrogens with one attached hydrogen (secondary N) is 1. The first-order valence-corrected chi connectivity index (χ1v) is 8.05. The number of likely N-dealkylation sites (tertiary alicyclic amines) is 1. The third kappa shape index (κ3) is 3.24. The van der Waals surface area contributed by atoms with Crippen LogP contribution in [0.15, 0.2) is 34.9 Å². The first-order chi connectivity index (χ1) is 10.3. The van der Waals surface area contributed by atoms with E-state index in [0.717, 1.165) is 46.9 Å². The lowest BCUT2D eigenvalue weighted by Crippen LogP contribution is -2.36. The van der Waals surface area contributed by atoms with Crippen molar-refractivity contribution in [1.29, 1.82) is 0 Å². The van der Waals surface area contributed by atoms with Crippen molar-refractivity contribution in [2.75, 3.05) is 19.6 Å². The van der Waals surface area contributed by atoms with E-state index in [9.17, 15) is 4.79 Å². The number of amides is 1. The van der Waals surface area contributed by atoms with Crippen molar-refractivity contribution in [3.8, 4) is 0 Å². The number of hydrogen-bond donors (Lipinski definition) is 1. The number of carbonyl (C=O) groups excluding carboxylic acids is 1. The predicted octanol–water partition coefficient (Wildman–Crippen LogP) is 2.71. The topological polar surface area (TPSA) is 45.2 Å². The summed E-state index contributed by atoms with van der Waals surface area (Å²) >= 11 is 3.55. The van der Waals surface area contributed by atoms with Gasteiger partial charge < -0.3 is 10.2 Å². The second-order valence-electron chi connectivity index (χ2n) is 5.30. The molecule has 1 saturated heterocycles. The van der Waals surface area contributed by atoms with E-state index in [0.29, 0.717) is 13.1 Å². The molecule has 0 unspecified atom stereocenters. The molecule has 4 nitrogen and oxygen atoms in total. The van der Waals surface area contributed by atoms with E-state index in [-0.39, 0.29) is 5.91 Å². The summed E-state index contributed by atoms with van der Waals surface area (Å²) in [6.45, 7) is 2.86. The number of halogens is 1. The Kier molecular flexibility index (Phi) is 4.51. The Hall–Kier alpha value is -1.46. The molecule has 0 radical (unpaired) electrons. The van der Waals surface area contributed by atoms with Crippen LogP contribution in [0.5, 0.6) is 0 Å². The summed E-state index contributed by atoms with van der Waals surface area (Å²) in [7, 11) is 0. The van der Waals surface area contributed by atoms with Crippen LogP contribution in [0.4, 0.5) is 0 Å². The van der Waals surface area contributed by atoms with Crippen LogP contribution in [0.2, 0.25) is 0 Å². The van der Waals surface area contributed by atoms with Gasteiger partial charge in [-0.3, -0.25) is 9.78 Å². The van der Waals surface area contributed by atoms with Crippen LogP contribution in [0.3, 0.4) is 0 Å². The lowest BCUT2D eigenvalue weighted by atomic mass is 10.1. The van der Waals surface area contributed by atoms with Crippen LogP contribution in [-0.2, 0) is 11.3 Å². The molecular weight excluding hydrogens is 330 g/mol. The van der Waals surface area contributed by atoms with Gasteiger partial charge in [0.1, 0.15) is 0 Å². The van der Waals surface area contributed by atoms with E-state index in [2.05, 4.69) is 26.2 Å². The van der Waals surface area contributed by atoms with Crippen molar-refractivity contribution in [2.24, 2.45) is 0 Å². The second-order valence-corrected chi connectivity index (χ2v) is 6.15. The van der Waals surface area contributed by atoms with Crippen molar-refractivity contribution < 1.29 is 4.79 Å². The van der Waals surface area contributed by atoms with Crippen LogP contribution >= 0.6 is 15.9 Å². The summed E-state index contributed by atoms with van der Waals surface area (Å²) in [5.41, 5.74) is 2.09. The fraction of sp³-hybridized carbons (Fsp3) is 0.375. The summed E-state index contributed by atoms with van der Waals surface area (Å²) in [6.07, 6.45) is 4.06. The SMILES string of the molecule is O=C(CNCc1ccc(Br)c2cccnc12)N1CCCC1. The van der Waals surface area contributed by atoms with Gasteiger partial charge in [0.05, 0.1) is 12.1 Å². The number of hydrogen-bond acceptors (Lipinski definition) is 3. The molecule has 2 heterocycles. The van der Waals surface area contributed by atoms with E-state index < -0.39 is 0 Å². The van der Waals surface area contributed by atoms with Gasteiger partial charge in [0.25, 0.3) is 0 Å². The Labute approximate surface area is 132 Å². The number of pyridine rings is 1. The fourth-order valence-corrected chi connectivity index (χ4v) is 3.17. The molecule has 1 fully saturated rings. The van der Waals surface area contributed by atoms with Gasteiger partial charge in [0.2, 0.25) is 5.91 Å². The molecule has 21 heavy (non-hydrogen) atoms. The molecule has 0 atom stereocenters. The highest BCUT2D eigenvalue weighted by Gasteiger charge is 2.17. The zero-order chi connectivity index (χ0) is 14.7. The van der Waals surface area contributed by atoms with Crippen LogP contribution in [-0.4, -0.2) is 35.4 Å². The Morgan fingerprint density at radius 3 is 2.90 bits per heavy atom. The molecule has 110 valence electrons. The Bertz CT molecular complexity index is 653. The van der Waals surface area contributed by atoms with E-state index in [1.54, 1.807) is 6.20 Å². The maximum atomic E-state index is 12.0. The molecule has 0 spiro atoms. The summed E-state index contributed by atoms with van der Waals surface area (Å²) in [6, 6.07) is 8.06. The average molecular weight is 348 g/mol. The van der Waals surface area contributed by atoms with Gasteiger partial charge in [0.15, 0.2) is 0 Å². The molecule has 1 aromatic heterocycles.